The van der Waals surface area contributed by atoms with Crippen LogP contribution >= 0.6 is 12.1 Å². The molecule has 32 heavy (non-hydrogen) atoms. The first-order chi connectivity index (χ1) is 15.6. The number of nitrogens with one attached hydrogen (secondary N) is 1. The van der Waals surface area contributed by atoms with Crippen molar-refractivity contribution in [2.24, 2.45) is 5.92 Å². The number of piperidine rings is 1. The average molecular weight is 445 g/mol. The second kappa shape index (κ2) is 7.44. The fraction of sp³-hybridized carbons (Fsp3) is 0.269. The molecule has 0 radical (unpaired) electrons. The van der Waals surface area contributed by atoms with E-state index in [1.165, 1.54) is 28.8 Å². The second-order valence-corrected chi connectivity index (χ2v) is 10.0. The fourth-order valence-electron chi connectivity index (χ4n) is 5.89. The lowest BCUT2D eigenvalue weighted by Gasteiger charge is -2.24. The molecule has 1 aliphatic heterocycles. The highest BCUT2D eigenvalue weighted by Crippen LogP contribution is 2.70. The number of nitrogens with zero attached hydrogens (tertiary/aromatic N) is 3. The van der Waals surface area contributed by atoms with Crippen molar-refractivity contribution in [3.05, 3.63) is 95.4 Å². The van der Waals surface area contributed by atoms with Crippen LogP contribution in [0, 0.1) is 18.7 Å². The van der Waals surface area contributed by atoms with E-state index in [9.17, 15) is 4.39 Å². The number of halogens is 1. The van der Waals surface area contributed by atoms with Crippen LogP contribution in [0.2, 0.25) is 0 Å². The predicted molar refractivity (Wildman–Crippen MR) is 128 cm³/mol. The maximum atomic E-state index is 13.4. The van der Waals surface area contributed by atoms with Crippen LogP contribution in [-0.2, 0) is 5.41 Å². The third-order valence-corrected chi connectivity index (χ3v) is 7.93. The van der Waals surface area contributed by atoms with Crippen LogP contribution in [0.4, 0.5) is 4.39 Å². The van der Waals surface area contributed by atoms with Gasteiger partial charge in [0.2, 0.25) is 0 Å². The molecular formula is C26H25FN4S. The molecule has 6 heteroatoms. The van der Waals surface area contributed by atoms with Gasteiger partial charge in [-0.25, -0.2) is 13.4 Å². The molecule has 3 atom stereocenters. The SMILES string of the molecule is CNSN1CC2C(c3ccccc3)C2(c2cc3cnn(-c4ccc(F)cc4)c3cc2C)C1. The predicted octanol–water partition coefficient (Wildman–Crippen LogP) is 5.22. The molecule has 4 nitrogen and oxygen atoms in total. The van der Waals surface area contributed by atoms with Crippen molar-refractivity contribution in [2.45, 2.75) is 18.3 Å². The Morgan fingerprint density at radius 2 is 1.88 bits per heavy atom. The van der Waals surface area contributed by atoms with E-state index in [-0.39, 0.29) is 11.2 Å². The van der Waals surface area contributed by atoms with E-state index in [4.69, 9.17) is 0 Å². The van der Waals surface area contributed by atoms with Gasteiger partial charge in [-0.15, -0.1) is 0 Å². The van der Waals surface area contributed by atoms with Crippen LogP contribution in [0.5, 0.6) is 0 Å². The van der Waals surface area contributed by atoms with E-state index in [0.29, 0.717) is 11.8 Å². The highest BCUT2D eigenvalue weighted by atomic mass is 32.2. The molecule has 1 saturated carbocycles. The zero-order chi connectivity index (χ0) is 21.9. The molecule has 1 aliphatic carbocycles. The molecule has 0 bridgehead atoms. The van der Waals surface area contributed by atoms with Crippen LogP contribution in [-0.4, -0.2) is 34.2 Å². The van der Waals surface area contributed by atoms with Gasteiger partial charge in [-0.05, 0) is 73.0 Å². The third-order valence-electron chi connectivity index (χ3n) is 7.21. The Hall–Kier alpha value is -2.67. The maximum Gasteiger partial charge on any atom is 0.123 e. The molecule has 6 rings (SSSR count). The zero-order valence-electron chi connectivity index (χ0n) is 18.1. The summed E-state index contributed by atoms with van der Waals surface area (Å²) >= 11 is 1.71. The van der Waals surface area contributed by atoms with Crippen molar-refractivity contribution in [1.29, 1.82) is 0 Å². The Morgan fingerprint density at radius 3 is 2.62 bits per heavy atom. The van der Waals surface area contributed by atoms with E-state index < -0.39 is 0 Å². The monoisotopic (exact) mass is 444 g/mol. The minimum absolute atomic E-state index is 0.126. The van der Waals surface area contributed by atoms with E-state index in [1.54, 1.807) is 24.3 Å². The van der Waals surface area contributed by atoms with Crippen molar-refractivity contribution in [2.75, 3.05) is 20.1 Å². The Labute approximate surface area is 191 Å². The first-order valence-corrected chi connectivity index (χ1v) is 11.8. The molecule has 2 aliphatic rings. The van der Waals surface area contributed by atoms with Gasteiger partial charge >= 0.3 is 0 Å². The molecule has 0 amide bonds. The average Bonchev–Trinajstić information content (AvgIpc) is 3.08. The van der Waals surface area contributed by atoms with Crippen LogP contribution in [0.3, 0.4) is 0 Å². The lowest BCUT2D eigenvalue weighted by molar-refractivity contribution is 0.476. The lowest BCUT2D eigenvalue weighted by Crippen LogP contribution is -2.26. The summed E-state index contributed by atoms with van der Waals surface area (Å²) in [7, 11) is 1.98. The van der Waals surface area contributed by atoms with Gasteiger partial charge in [0.15, 0.2) is 0 Å². The van der Waals surface area contributed by atoms with Gasteiger partial charge in [-0.2, -0.15) is 5.10 Å². The highest BCUT2D eigenvalue weighted by molar-refractivity contribution is 7.95. The number of aromatic nitrogens is 2. The molecule has 1 aromatic heterocycles. The van der Waals surface area contributed by atoms with Crippen molar-refractivity contribution in [3.63, 3.8) is 0 Å². The maximum absolute atomic E-state index is 13.4. The van der Waals surface area contributed by atoms with Gasteiger partial charge in [0.1, 0.15) is 5.82 Å². The largest absolute Gasteiger partial charge is 0.254 e. The summed E-state index contributed by atoms with van der Waals surface area (Å²) in [6.45, 7) is 4.33. The van der Waals surface area contributed by atoms with Crippen LogP contribution in [0.15, 0.2) is 72.9 Å². The zero-order valence-corrected chi connectivity index (χ0v) is 18.9. The minimum atomic E-state index is -0.236. The van der Waals surface area contributed by atoms with E-state index in [0.717, 1.165) is 29.7 Å². The molecule has 3 aromatic carbocycles. The fourth-order valence-corrected chi connectivity index (χ4v) is 6.66. The highest BCUT2D eigenvalue weighted by Gasteiger charge is 2.70. The van der Waals surface area contributed by atoms with Crippen molar-refractivity contribution < 1.29 is 4.39 Å². The lowest BCUT2D eigenvalue weighted by atomic mass is 9.87. The van der Waals surface area contributed by atoms with Gasteiger partial charge in [-0.3, -0.25) is 4.72 Å². The molecule has 4 aromatic rings. The standard InChI is InChI=1S/C26H25FN4S/c1-17-12-24-19(14-29-31(24)21-10-8-20(27)9-11-21)13-22(17)26-16-30(32-28-2)15-23(26)25(26)18-6-4-3-5-7-18/h3-14,23,25,28H,15-16H2,1-2H3. The van der Waals surface area contributed by atoms with Crippen molar-refractivity contribution in [3.8, 4) is 5.69 Å². The first kappa shape index (κ1) is 20.0. The van der Waals surface area contributed by atoms with E-state index in [1.807, 2.05) is 17.9 Å². The number of hydrogen-bond acceptors (Lipinski definition) is 4. The second-order valence-electron chi connectivity index (χ2n) is 8.91. The van der Waals surface area contributed by atoms with Crippen LogP contribution in [0.25, 0.3) is 16.6 Å². The molecule has 1 saturated heterocycles. The van der Waals surface area contributed by atoms with Crippen molar-refractivity contribution >= 4 is 23.0 Å². The smallest absolute Gasteiger partial charge is 0.123 e. The number of fused-ring (bicyclic) bond motifs is 2. The van der Waals surface area contributed by atoms with Gasteiger partial charge in [0.25, 0.3) is 0 Å². The minimum Gasteiger partial charge on any atom is -0.254 e. The topological polar surface area (TPSA) is 33.1 Å². The molecule has 1 N–H and O–H groups in total. The number of aryl methyl sites for hydroxylation is 1. The molecule has 0 spiro atoms. The van der Waals surface area contributed by atoms with E-state index in [2.05, 4.69) is 63.5 Å². The summed E-state index contributed by atoms with van der Waals surface area (Å²) in [4.78, 5) is 0. The van der Waals surface area contributed by atoms with Gasteiger partial charge in [0.05, 0.1) is 17.4 Å². The summed E-state index contributed by atoms with van der Waals surface area (Å²) in [6, 6.07) is 22.1. The molecule has 2 fully saturated rings. The summed E-state index contributed by atoms with van der Waals surface area (Å²) in [5.41, 5.74) is 6.22. The van der Waals surface area contributed by atoms with Gasteiger partial charge in [0, 0.05) is 41.9 Å². The Bertz CT molecular complexity index is 1290. The molecule has 162 valence electrons. The normalized spacial score (nSPS) is 24.7. The molecule has 2 heterocycles. The molecular weight excluding hydrogens is 419 g/mol. The Morgan fingerprint density at radius 1 is 1.09 bits per heavy atom. The third kappa shape index (κ3) is 2.94. The van der Waals surface area contributed by atoms with Gasteiger partial charge in [-0.1, -0.05) is 30.3 Å². The Kier molecular flexibility index (Phi) is 4.64. The first-order valence-electron chi connectivity index (χ1n) is 11.0. The number of hydrogen-bond donors (Lipinski definition) is 1. The molecule has 3 unspecified atom stereocenters. The summed E-state index contributed by atoms with van der Waals surface area (Å²) in [5.74, 6) is 0.912. The summed E-state index contributed by atoms with van der Waals surface area (Å²) in [6.07, 6.45) is 1.93. The summed E-state index contributed by atoms with van der Waals surface area (Å²) < 4.78 is 21.0. The van der Waals surface area contributed by atoms with Gasteiger partial charge < -0.3 is 0 Å². The number of benzene rings is 3. The number of rotatable bonds is 5. The van der Waals surface area contributed by atoms with Crippen molar-refractivity contribution in [1.82, 2.24) is 18.8 Å². The Balaban J connectivity index is 1.45. The summed E-state index contributed by atoms with van der Waals surface area (Å²) in [5, 5.41) is 5.76. The van der Waals surface area contributed by atoms with E-state index >= 15 is 0 Å². The quantitative estimate of drug-likeness (QED) is 0.428. The van der Waals surface area contributed by atoms with Crippen LogP contribution < -0.4 is 4.72 Å². The van der Waals surface area contributed by atoms with Crippen LogP contribution in [0.1, 0.15) is 22.6 Å².